The Hall–Kier alpha value is -1.95. The molecule has 0 saturated carbocycles. The van der Waals surface area contributed by atoms with Gasteiger partial charge in [-0.2, -0.15) is 0 Å². The number of hydrogen-bond donors (Lipinski definition) is 1. The molecule has 0 unspecified atom stereocenters. The maximum Gasteiger partial charge on any atom is 0.205 e. The minimum Gasteiger partial charge on any atom is -0.369 e. The summed E-state index contributed by atoms with van der Waals surface area (Å²) in [7, 11) is 0. The second-order valence-corrected chi connectivity index (χ2v) is 4.89. The molecule has 1 aromatic heterocycles. The van der Waals surface area contributed by atoms with Gasteiger partial charge >= 0.3 is 0 Å². The van der Waals surface area contributed by atoms with Crippen molar-refractivity contribution in [1.29, 1.82) is 0 Å². The van der Waals surface area contributed by atoms with Crippen LogP contribution in [-0.2, 0) is 0 Å². The highest BCUT2D eigenvalue weighted by Crippen LogP contribution is 2.28. The number of nitrogens with zero attached hydrogens (tertiary/aromatic N) is 2. The van der Waals surface area contributed by atoms with Gasteiger partial charge in [0.1, 0.15) is 11.6 Å². The van der Waals surface area contributed by atoms with Crippen molar-refractivity contribution >= 4 is 32.9 Å². The van der Waals surface area contributed by atoms with Crippen molar-refractivity contribution in [3.63, 3.8) is 0 Å². The average molecular weight is 324 g/mol. The van der Waals surface area contributed by atoms with Crippen LogP contribution in [0.2, 0.25) is 0 Å². The summed E-state index contributed by atoms with van der Waals surface area (Å²) in [4.78, 5) is 4.08. The molecule has 0 aliphatic rings. The fourth-order valence-electron chi connectivity index (χ4n) is 1.98. The van der Waals surface area contributed by atoms with Gasteiger partial charge in [0.2, 0.25) is 5.95 Å². The van der Waals surface area contributed by atoms with E-state index >= 15 is 0 Å². The van der Waals surface area contributed by atoms with Gasteiger partial charge in [-0.1, -0.05) is 6.07 Å². The molecule has 3 nitrogen and oxygen atoms in total. The molecule has 0 fully saturated rings. The summed E-state index contributed by atoms with van der Waals surface area (Å²) in [6.07, 6.45) is 0. The minimum atomic E-state index is -0.420. The topological polar surface area (TPSA) is 43.8 Å². The van der Waals surface area contributed by atoms with Crippen LogP contribution in [0.3, 0.4) is 0 Å². The van der Waals surface area contributed by atoms with E-state index in [-0.39, 0.29) is 11.8 Å². The van der Waals surface area contributed by atoms with E-state index in [1.807, 2.05) is 0 Å². The summed E-state index contributed by atoms with van der Waals surface area (Å²) in [6, 6.07) is 8.82. The highest BCUT2D eigenvalue weighted by Gasteiger charge is 2.13. The van der Waals surface area contributed by atoms with Gasteiger partial charge in [0, 0.05) is 6.07 Å². The number of hydrogen-bond acceptors (Lipinski definition) is 2. The smallest absolute Gasteiger partial charge is 0.205 e. The van der Waals surface area contributed by atoms with Gasteiger partial charge in [-0.3, -0.25) is 4.57 Å². The Morgan fingerprint density at radius 3 is 2.68 bits per heavy atom. The molecular formula is C13H8BrF2N3. The Labute approximate surface area is 115 Å². The van der Waals surface area contributed by atoms with Crippen LogP contribution in [0.25, 0.3) is 16.7 Å². The monoisotopic (exact) mass is 323 g/mol. The number of aromatic nitrogens is 2. The Morgan fingerprint density at radius 2 is 1.95 bits per heavy atom. The molecule has 0 radical (unpaired) electrons. The molecule has 0 atom stereocenters. The Balaban J connectivity index is 2.34. The summed E-state index contributed by atoms with van der Waals surface area (Å²) in [5.41, 5.74) is 7.39. The molecule has 0 spiro atoms. The van der Waals surface area contributed by atoms with Gasteiger partial charge in [-0.25, -0.2) is 13.8 Å². The van der Waals surface area contributed by atoms with Crippen molar-refractivity contribution in [1.82, 2.24) is 9.55 Å². The molecule has 3 aromatic rings. The van der Waals surface area contributed by atoms with Crippen molar-refractivity contribution in [2.75, 3.05) is 5.73 Å². The van der Waals surface area contributed by atoms with E-state index in [0.717, 1.165) is 0 Å². The van der Waals surface area contributed by atoms with Crippen LogP contribution in [0.1, 0.15) is 0 Å². The van der Waals surface area contributed by atoms with Crippen LogP contribution in [-0.4, -0.2) is 9.55 Å². The van der Waals surface area contributed by atoms with Gasteiger partial charge in [-0.05, 0) is 40.2 Å². The van der Waals surface area contributed by atoms with E-state index in [1.54, 1.807) is 22.8 Å². The molecule has 0 bridgehead atoms. The van der Waals surface area contributed by atoms with Crippen LogP contribution in [0, 0.1) is 11.6 Å². The van der Waals surface area contributed by atoms with Gasteiger partial charge < -0.3 is 5.73 Å². The molecule has 3 rings (SSSR count). The molecule has 19 heavy (non-hydrogen) atoms. The number of nitrogen functional groups attached to an aromatic ring is 1. The number of halogens is 3. The third-order valence-electron chi connectivity index (χ3n) is 2.79. The largest absolute Gasteiger partial charge is 0.369 e. The molecule has 1 heterocycles. The first-order valence-corrected chi connectivity index (χ1v) is 6.24. The number of anilines is 1. The quantitative estimate of drug-likeness (QED) is 0.742. The second-order valence-electron chi connectivity index (χ2n) is 4.04. The van der Waals surface area contributed by atoms with Crippen molar-refractivity contribution in [3.8, 4) is 5.69 Å². The third-order valence-corrected chi connectivity index (χ3v) is 3.40. The maximum absolute atomic E-state index is 13.5. The van der Waals surface area contributed by atoms with E-state index in [9.17, 15) is 8.78 Å². The number of nitrogens with two attached hydrogens (primary N) is 1. The summed E-state index contributed by atoms with van der Waals surface area (Å²) in [5, 5.41) is 0. The maximum atomic E-state index is 13.5. The van der Waals surface area contributed by atoms with Gasteiger partial charge in [0.25, 0.3) is 0 Å². The van der Waals surface area contributed by atoms with Crippen LogP contribution < -0.4 is 5.73 Å². The standard InChI is InChI=1S/C13H8BrF2N3/c14-9-5-12-11(6-10(9)16)18-13(17)19(12)8-3-1-2-7(15)4-8/h1-6H,(H2,17,18). The van der Waals surface area contributed by atoms with E-state index < -0.39 is 5.82 Å². The van der Waals surface area contributed by atoms with Crippen LogP contribution in [0.4, 0.5) is 14.7 Å². The molecule has 2 N–H and O–H groups in total. The highest BCUT2D eigenvalue weighted by molar-refractivity contribution is 9.10. The number of imidazole rings is 1. The predicted molar refractivity (Wildman–Crippen MR) is 73.1 cm³/mol. The lowest BCUT2D eigenvalue weighted by atomic mass is 10.2. The van der Waals surface area contributed by atoms with Crippen molar-refractivity contribution in [2.45, 2.75) is 0 Å². The molecule has 2 aromatic carbocycles. The first kappa shape index (κ1) is 12.1. The second kappa shape index (κ2) is 4.31. The van der Waals surface area contributed by atoms with Crippen LogP contribution in [0.15, 0.2) is 40.9 Å². The molecule has 0 aliphatic carbocycles. The highest BCUT2D eigenvalue weighted by atomic mass is 79.9. The molecule has 96 valence electrons. The van der Waals surface area contributed by atoms with Gasteiger partial charge in [-0.15, -0.1) is 0 Å². The predicted octanol–water partition coefficient (Wildman–Crippen LogP) is 3.65. The third kappa shape index (κ3) is 1.98. The summed E-state index contributed by atoms with van der Waals surface area (Å²) in [6.45, 7) is 0. The first-order valence-electron chi connectivity index (χ1n) is 5.45. The van der Waals surface area contributed by atoms with Gasteiger partial charge in [0.15, 0.2) is 0 Å². The fraction of sp³-hybridized carbons (Fsp3) is 0. The molecule has 0 saturated heterocycles. The van der Waals surface area contributed by atoms with E-state index in [1.165, 1.54) is 18.2 Å². The summed E-state index contributed by atoms with van der Waals surface area (Å²) in [5.74, 6) is -0.616. The Bertz CT molecular complexity index is 783. The normalized spacial score (nSPS) is 11.1. The van der Waals surface area contributed by atoms with Crippen LogP contribution >= 0.6 is 15.9 Å². The van der Waals surface area contributed by atoms with E-state index in [4.69, 9.17) is 5.73 Å². The lowest BCUT2D eigenvalue weighted by Crippen LogP contribution is -2.00. The van der Waals surface area contributed by atoms with Crippen molar-refractivity contribution < 1.29 is 8.78 Å². The minimum absolute atomic E-state index is 0.179. The zero-order valence-corrected chi connectivity index (χ0v) is 11.2. The summed E-state index contributed by atoms with van der Waals surface area (Å²) < 4.78 is 28.6. The SMILES string of the molecule is Nc1nc2cc(F)c(Br)cc2n1-c1cccc(F)c1. The van der Waals surface area contributed by atoms with Crippen molar-refractivity contribution in [2.24, 2.45) is 0 Å². The average Bonchev–Trinajstić information content (AvgIpc) is 2.65. The fourth-order valence-corrected chi connectivity index (χ4v) is 2.31. The number of rotatable bonds is 1. The zero-order chi connectivity index (χ0) is 13.6. The Morgan fingerprint density at radius 1 is 1.16 bits per heavy atom. The van der Waals surface area contributed by atoms with Crippen molar-refractivity contribution in [3.05, 3.63) is 52.5 Å². The molecule has 6 heteroatoms. The number of benzene rings is 2. The summed E-state index contributed by atoms with van der Waals surface area (Å²) >= 11 is 3.12. The molecule has 0 aliphatic heterocycles. The van der Waals surface area contributed by atoms with Crippen LogP contribution in [0.5, 0.6) is 0 Å². The lowest BCUT2D eigenvalue weighted by molar-refractivity contribution is 0.622. The Kier molecular flexibility index (Phi) is 2.74. The number of fused-ring (bicyclic) bond motifs is 1. The lowest BCUT2D eigenvalue weighted by Gasteiger charge is -2.06. The molecular weight excluding hydrogens is 316 g/mol. The van der Waals surface area contributed by atoms with E-state index in [2.05, 4.69) is 20.9 Å². The zero-order valence-electron chi connectivity index (χ0n) is 9.57. The molecule has 0 amide bonds. The van der Waals surface area contributed by atoms with E-state index in [0.29, 0.717) is 21.2 Å². The first-order chi connectivity index (χ1) is 9.06. The van der Waals surface area contributed by atoms with Gasteiger partial charge in [0.05, 0.1) is 21.2 Å².